The van der Waals surface area contributed by atoms with E-state index >= 15 is 0 Å². The van der Waals surface area contributed by atoms with Crippen LogP contribution in [0.25, 0.3) is 5.65 Å². The number of aromatic nitrogens is 2. The molecule has 0 radical (unpaired) electrons. The molecule has 0 N–H and O–H groups in total. The molecule has 126 valence electrons. The van der Waals surface area contributed by atoms with Crippen molar-refractivity contribution in [1.82, 2.24) is 9.38 Å². The van der Waals surface area contributed by atoms with Crippen molar-refractivity contribution in [3.8, 4) is 5.75 Å². The van der Waals surface area contributed by atoms with Crippen LogP contribution in [0.1, 0.15) is 45.7 Å². The summed E-state index contributed by atoms with van der Waals surface area (Å²) >= 11 is 0. The molecule has 2 rings (SSSR count). The standard InChI is InChI=1S/C18H27N3O2/c1-6-12-23-15-10-9-11-21-16(15)19-13(4)17(21)20(5)18(22)14(7-2)8-3/h9-11,14H,6-8,12H2,1-5H3. The summed E-state index contributed by atoms with van der Waals surface area (Å²) in [7, 11) is 1.83. The molecule has 0 saturated heterocycles. The monoisotopic (exact) mass is 317 g/mol. The van der Waals surface area contributed by atoms with E-state index in [4.69, 9.17) is 4.74 Å². The lowest BCUT2D eigenvalue weighted by Gasteiger charge is -2.22. The van der Waals surface area contributed by atoms with E-state index in [1.54, 1.807) is 4.90 Å². The van der Waals surface area contributed by atoms with Crippen molar-refractivity contribution in [3.63, 3.8) is 0 Å². The first kappa shape index (κ1) is 17.3. The molecule has 0 bridgehead atoms. The number of rotatable bonds is 7. The Hall–Kier alpha value is -2.04. The van der Waals surface area contributed by atoms with E-state index < -0.39 is 0 Å². The molecular weight excluding hydrogens is 290 g/mol. The van der Waals surface area contributed by atoms with E-state index in [1.165, 1.54) is 0 Å². The largest absolute Gasteiger partial charge is 0.490 e. The molecule has 1 amide bonds. The Labute approximate surface area is 138 Å². The second-order valence-corrected chi connectivity index (χ2v) is 5.85. The van der Waals surface area contributed by atoms with Gasteiger partial charge in [-0.1, -0.05) is 20.8 Å². The zero-order valence-corrected chi connectivity index (χ0v) is 14.8. The fraction of sp³-hybridized carbons (Fsp3) is 0.556. The lowest BCUT2D eigenvalue weighted by molar-refractivity contribution is -0.122. The van der Waals surface area contributed by atoms with Crippen LogP contribution in [0.4, 0.5) is 5.82 Å². The summed E-state index contributed by atoms with van der Waals surface area (Å²) in [5, 5.41) is 0. The zero-order chi connectivity index (χ0) is 17.0. The van der Waals surface area contributed by atoms with Crippen molar-refractivity contribution in [2.24, 2.45) is 5.92 Å². The van der Waals surface area contributed by atoms with E-state index in [-0.39, 0.29) is 11.8 Å². The van der Waals surface area contributed by atoms with E-state index in [2.05, 4.69) is 25.8 Å². The number of ether oxygens (including phenoxy) is 1. The lowest BCUT2D eigenvalue weighted by Crippen LogP contribution is -2.33. The second-order valence-electron chi connectivity index (χ2n) is 5.85. The van der Waals surface area contributed by atoms with Crippen LogP contribution in [-0.4, -0.2) is 28.9 Å². The van der Waals surface area contributed by atoms with Crippen molar-refractivity contribution in [1.29, 1.82) is 0 Å². The maximum atomic E-state index is 12.7. The van der Waals surface area contributed by atoms with Crippen LogP contribution < -0.4 is 9.64 Å². The predicted molar refractivity (Wildman–Crippen MR) is 93.2 cm³/mol. The first-order chi connectivity index (χ1) is 11.0. The van der Waals surface area contributed by atoms with Crippen molar-refractivity contribution < 1.29 is 9.53 Å². The zero-order valence-electron chi connectivity index (χ0n) is 14.8. The van der Waals surface area contributed by atoms with Gasteiger partial charge in [0.05, 0.1) is 12.3 Å². The number of amides is 1. The number of hydrogen-bond donors (Lipinski definition) is 0. The van der Waals surface area contributed by atoms with Gasteiger partial charge in [0.15, 0.2) is 11.4 Å². The summed E-state index contributed by atoms with van der Waals surface area (Å²) in [4.78, 5) is 19.1. The Bertz CT molecular complexity index is 674. The quantitative estimate of drug-likeness (QED) is 0.779. The second kappa shape index (κ2) is 7.49. The summed E-state index contributed by atoms with van der Waals surface area (Å²) < 4.78 is 7.73. The number of pyridine rings is 1. The van der Waals surface area contributed by atoms with E-state index in [0.717, 1.165) is 42.2 Å². The number of anilines is 1. The fourth-order valence-corrected chi connectivity index (χ4v) is 2.89. The predicted octanol–water partition coefficient (Wildman–Crippen LogP) is 3.83. The van der Waals surface area contributed by atoms with Gasteiger partial charge in [-0.25, -0.2) is 4.98 Å². The molecule has 0 saturated carbocycles. The van der Waals surface area contributed by atoms with E-state index in [1.807, 2.05) is 36.7 Å². The Morgan fingerprint density at radius 2 is 2.04 bits per heavy atom. The first-order valence-corrected chi connectivity index (χ1v) is 8.43. The third kappa shape index (κ3) is 3.33. The summed E-state index contributed by atoms with van der Waals surface area (Å²) in [6.07, 6.45) is 4.57. The van der Waals surface area contributed by atoms with Crippen LogP contribution >= 0.6 is 0 Å². The van der Waals surface area contributed by atoms with Gasteiger partial charge in [0.1, 0.15) is 5.82 Å². The SMILES string of the molecule is CCCOc1cccn2c(N(C)C(=O)C(CC)CC)c(C)nc12. The van der Waals surface area contributed by atoms with Gasteiger partial charge in [0.2, 0.25) is 5.91 Å². The number of fused-ring (bicyclic) bond motifs is 1. The molecule has 0 aliphatic heterocycles. The van der Waals surface area contributed by atoms with Gasteiger partial charge < -0.3 is 4.74 Å². The van der Waals surface area contributed by atoms with Crippen LogP contribution in [0, 0.1) is 12.8 Å². The number of imidazole rings is 1. The highest BCUT2D eigenvalue weighted by Gasteiger charge is 2.24. The van der Waals surface area contributed by atoms with Gasteiger partial charge in [0, 0.05) is 19.2 Å². The summed E-state index contributed by atoms with van der Waals surface area (Å²) in [6.45, 7) is 8.77. The topological polar surface area (TPSA) is 46.8 Å². The number of carbonyl (C=O) groups is 1. The fourth-order valence-electron chi connectivity index (χ4n) is 2.89. The van der Waals surface area contributed by atoms with Gasteiger partial charge in [0.25, 0.3) is 0 Å². The molecule has 0 unspecified atom stereocenters. The highest BCUT2D eigenvalue weighted by molar-refractivity contribution is 5.94. The summed E-state index contributed by atoms with van der Waals surface area (Å²) in [6, 6.07) is 3.85. The third-order valence-electron chi connectivity index (χ3n) is 4.20. The minimum Gasteiger partial charge on any atom is -0.490 e. The van der Waals surface area contributed by atoms with Crippen molar-refractivity contribution in [3.05, 3.63) is 24.0 Å². The molecule has 2 heterocycles. The molecule has 0 aromatic carbocycles. The Balaban J connectivity index is 2.45. The Kier molecular flexibility index (Phi) is 5.64. The Morgan fingerprint density at radius 3 is 2.65 bits per heavy atom. The maximum Gasteiger partial charge on any atom is 0.230 e. The molecule has 0 atom stereocenters. The van der Waals surface area contributed by atoms with E-state index in [9.17, 15) is 4.79 Å². The first-order valence-electron chi connectivity index (χ1n) is 8.43. The normalized spacial score (nSPS) is 11.2. The lowest BCUT2D eigenvalue weighted by atomic mass is 10.0. The molecule has 0 aliphatic carbocycles. The van der Waals surface area contributed by atoms with Gasteiger partial charge in [-0.2, -0.15) is 0 Å². The summed E-state index contributed by atoms with van der Waals surface area (Å²) in [5.74, 6) is 1.76. The highest BCUT2D eigenvalue weighted by atomic mass is 16.5. The van der Waals surface area contributed by atoms with Gasteiger partial charge >= 0.3 is 0 Å². The van der Waals surface area contributed by atoms with E-state index in [0.29, 0.717) is 6.61 Å². The minimum atomic E-state index is 0.0458. The van der Waals surface area contributed by atoms with Crippen molar-refractivity contribution in [2.75, 3.05) is 18.6 Å². The molecular formula is C18H27N3O2. The smallest absolute Gasteiger partial charge is 0.230 e. The highest BCUT2D eigenvalue weighted by Crippen LogP contribution is 2.28. The number of carbonyl (C=O) groups excluding carboxylic acids is 1. The molecule has 5 heteroatoms. The number of nitrogens with zero attached hydrogens (tertiary/aromatic N) is 3. The van der Waals surface area contributed by atoms with Crippen LogP contribution in [0.2, 0.25) is 0 Å². The van der Waals surface area contributed by atoms with Gasteiger partial charge in [-0.3, -0.25) is 14.1 Å². The van der Waals surface area contributed by atoms with Crippen LogP contribution in [0.5, 0.6) is 5.75 Å². The third-order valence-corrected chi connectivity index (χ3v) is 4.20. The molecule has 23 heavy (non-hydrogen) atoms. The molecule has 0 spiro atoms. The molecule has 5 nitrogen and oxygen atoms in total. The number of hydrogen-bond acceptors (Lipinski definition) is 3. The molecule has 2 aromatic rings. The minimum absolute atomic E-state index is 0.0458. The maximum absolute atomic E-state index is 12.7. The van der Waals surface area contributed by atoms with Gasteiger partial charge in [-0.15, -0.1) is 0 Å². The van der Waals surface area contributed by atoms with Crippen LogP contribution in [-0.2, 0) is 4.79 Å². The summed E-state index contributed by atoms with van der Waals surface area (Å²) in [5.41, 5.74) is 1.59. The molecule has 0 aliphatic rings. The average molecular weight is 317 g/mol. The van der Waals surface area contributed by atoms with Crippen LogP contribution in [0.15, 0.2) is 18.3 Å². The van der Waals surface area contributed by atoms with Crippen LogP contribution in [0.3, 0.4) is 0 Å². The van der Waals surface area contributed by atoms with Crippen molar-refractivity contribution in [2.45, 2.75) is 47.0 Å². The average Bonchev–Trinajstić information content (AvgIpc) is 2.89. The Morgan fingerprint density at radius 1 is 1.35 bits per heavy atom. The van der Waals surface area contributed by atoms with Crippen molar-refractivity contribution >= 4 is 17.4 Å². The molecule has 2 aromatic heterocycles. The molecule has 0 fully saturated rings. The van der Waals surface area contributed by atoms with Gasteiger partial charge in [-0.05, 0) is 38.3 Å². The number of aryl methyl sites for hydroxylation is 1.